The Bertz CT molecular complexity index is 185. The molecule has 0 aliphatic carbocycles. The van der Waals surface area contributed by atoms with Crippen molar-refractivity contribution >= 4 is 11.9 Å². The Morgan fingerprint density at radius 1 is 1.14 bits per heavy atom. The molecule has 0 spiro atoms. The predicted octanol–water partition coefficient (Wildman–Crippen LogP) is -3.17. The second-order valence-corrected chi connectivity index (χ2v) is 2.32. The Balaban J connectivity index is 0. The molecule has 8 nitrogen and oxygen atoms in total. The van der Waals surface area contributed by atoms with E-state index in [9.17, 15) is 9.59 Å². The topological polar surface area (TPSA) is 150 Å². The summed E-state index contributed by atoms with van der Waals surface area (Å²) in [5, 5.41) is 30.0. The second kappa shape index (κ2) is 8.38. The highest BCUT2D eigenvalue weighted by molar-refractivity contribution is 5.69. The van der Waals surface area contributed by atoms with Crippen LogP contribution in [0.4, 0.5) is 0 Å². The number of rotatable bonds is 7. The standard InChI is InChI=1S/C6H12N2O5.H2O/c9-4(8-3-6(12)13)1-7-2-5(10)11;/h4,7-9H,1-3H2,(H,10,11)(H,12,13);1H2. The summed E-state index contributed by atoms with van der Waals surface area (Å²) < 4.78 is 0. The number of carboxylic acid groups (broad SMARTS) is 2. The summed E-state index contributed by atoms with van der Waals surface area (Å²) in [6.07, 6.45) is -1.06. The fourth-order valence-electron chi connectivity index (χ4n) is 0.593. The summed E-state index contributed by atoms with van der Waals surface area (Å²) in [5.41, 5.74) is 0. The van der Waals surface area contributed by atoms with Gasteiger partial charge in [0.05, 0.1) is 13.1 Å². The molecule has 0 amide bonds. The Hall–Kier alpha value is -1.22. The molecule has 0 aromatic carbocycles. The molecule has 0 aliphatic heterocycles. The van der Waals surface area contributed by atoms with Crippen LogP contribution in [-0.4, -0.2) is 58.6 Å². The van der Waals surface area contributed by atoms with Crippen molar-refractivity contribution in [1.29, 1.82) is 0 Å². The summed E-state index contributed by atoms with van der Waals surface area (Å²) in [5.74, 6) is -2.12. The highest BCUT2D eigenvalue weighted by Crippen LogP contribution is 1.73. The third-order valence-corrected chi connectivity index (χ3v) is 1.10. The van der Waals surface area contributed by atoms with Crippen molar-refractivity contribution in [2.24, 2.45) is 0 Å². The second-order valence-electron chi connectivity index (χ2n) is 2.32. The summed E-state index contributed by atoms with van der Waals surface area (Å²) in [4.78, 5) is 20.0. The molecule has 84 valence electrons. The van der Waals surface area contributed by atoms with E-state index >= 15 is 0 Å². The molecule has 0 aromatic heterocycles. The van der Waals surface area contributed by atoms with Crippen LogP contribution in [-0.2, 0) is 9.59 Å². The summed E-state index contributed by atoms with van der Waals surface area (Å²) >= 11 is 0. The molecule has 0 aromatic rings. The molecule has 7 N–H and O–H groups in total. The van der Waals surface area contributed by atoms with Crippen LogP contribution >= 0.6 is 0 Å². The lowest BCUT2D eigenvalue weighted by Gasteiger charge is -2.10. The largest absolute Gasteiger partial charge is 0.480 e. The molecular weight excluding hydrogens is 196 g/mol. The lowest BCUT2D eigenvalue weighted by Crippen LogP contribution is -2.42. The van der Waals surface area contributed by atoms with Crippen LogP contribution in [0.3, 0.4) is 0 Å². The van der Waals surface area contributed by atoms with E-state index in [-0.39, 0.29) is 25.1 Å². The predicted molar refractivity (Wildman–Crippen MR) is 45.8 cm³/mol. The van der Waals surface area contributed by atoms with E-state index in [0.717, 1.165) is 0 Å². The van der Waals surface area contributed by atoms with Gasteiger partial charge >= 0.3 is 11.9 Å². The van der Waals surface area contributed by atoms with Crippen LogP contribution in [0.25, 0.3) is 0 Å². The fraction of sp³-hybridized carbons (Fsp3) is 0.667. The van der Waals surface area contributed by atoms with Crippen molar-refractivity contribution in [2.75, 3.05) is 19.6 Å². The van der Waals surface area contributed by atoms with Gasteiger partial charge in [-0.05, 0) is 0 Å². The third kappa shape index (κ3) is 10.8. The van der Waals surface area contributed by atoms with E-state index in [1.807, 2.05) is 0 Å². The number of nitrogens with one attached hydrogen (secondary N) is 2. The van der Waals surface area contributed by atoms with Gasteiger partial charge in [-0.25, -0.2) is 0 Å². The third-order valence-electron chi connectivity index (χ3n) is 1.10. The zero-order chi connectivity index (χ0) is 10.3. The number of hydrogen-bond donors (Lipinski definition) is 5. The first-order valence-corrected chi connectivity index (χ1v) is 3.58. The number of carbonyl (C=O) groups is 2. The van der Waals surface area contributed by atoms with E-state index in [2.05, 4.69) is 10.6 Å². The van der Waals surface area contributed by atoms with E-state index in [1.165, 1.54) is 0 Å². The Morgan fingerprint density at radius 3 is 2.07 bits per heavy atom. The first-order valence-electron chi connectivity index (χ1n) is 3.58. The normalized spacial score (nSPS) is 11.5. The Kier molecular flexibility index (Phi) is 9.14. The lowest BCUT2D eigenvalue weighted by atomic mass is 10.5. The Morgan fingerprint density at radius 2 is 1.64 bits per heavy atom. The molecule has 0 saturated carbocycles. The molecular formula is C6H14N2O6. The zero-order valence-electron chi connectivity index (χ0n) is 7.36. The average molecular weight is 210 g/mol. The smallest absolute Gasteiger partial charge is 0.317 e. The van der Waals surface area contributed by atoms with Gasteiger partial charge in [0.2, 0.25) is 0 Å². The van der Waals surface area contributed by atoms with Crippen LogP contribution in [0, 0.1) is 0 Å². The maximum absolute atomic E-state index is 10.00. The number of aliphatic carboxylic acids is 2. The zero-order valence-corrected chi connectivity index (χ0v) is 7.36. The number of aliphatic hydroxyl groups is 1. The number of carboxylic acids is 2. The lowest BCUT2D eigenvalue weighted by molar-refractivity contribution is -0.137. The van der Waals surface area contributed by atoms with Crippen LogP contribution in [0.2, 0.25) is 0 Å². The molecule has 14 heavy (non-hydrogen) atoms. The van der Waals surface area contributed by atoms with E-state index < -0.39 is 18.2 Å². The molecule has 0 fully saturated rings. The van der Waals surface area contributed by atoms with E-state index in [1.54, 1.807) is 0 Å². The first-order chi connectivity index (χ1) is 6.02. The highest BCUT2D eigenvalue weighted by atomic mass is 16.4. The molecule has 0 rings (SSSR count). The maximum atomic E-state index is 10.00. The molecule has 0 aliphatic rings. The SMILES string of the molecule is O.O=C(O)CNCC(O)NCC(=O)O. The van der Waals surface area contributed by atoms with Crippen LogP contribution in [0.15, 0.2) is 0 Å². The van der Waals surface area contributed by atoms with Gasteiger partial charge in [0.1, 0.15) is 6.23 Å². The van der Waals surface area contributed by atoms with Crippen molar-refractivity contribution < 1.29 is 30.4 Å². The van der Waals surface area contributed by atoms with Crippen molar-refractivity contribution in [3.05, 3.63) is 0 Å². The summed E-state index contributed by atoms with van der Waals surface area (Å²) in [7, 11) is 0. The van der Waals surface area contributed by atoms with Crippen molar-refractivity contribution in [3.63, 3.8) is 0 Å². The quantitative estimate of drug-likeness (QED) is 0.278. The molecule has 1 atom stereocenters. The minimum Gasteiger partial charge on any atom is -0.480 e. The Labute approximate surface area is 79.9 Å². The first kappa shape index (κ1) is 15.3. The molecule has 0 radical (unpaired) electrons. The van der Waals surface area contributed by atoms with Gasteiger partial charge in [-0.2, -0.15) is 0 Å². The molecule has 0 saturated heterocycles. The minimum absolute atomic E-state index is 0. The summed E-state index contributed by atoms with van der Waals surface area (Å²) in [6.45, 7) is -0.651. The molecule has 0 heterocycles. The van der Waals surface area contributed by atoms with Crippen molar-refractivity contribution in [1.82, 2.24) is 10.6 Å². The van der Waals surface area contributed by atoms with Crippen LogP contribution in [0.1, 0.15) is 0 Å². The van der Waals surface area contributed by atoms with Gasteiger partial charge in [-0.3, -0.25) is 14.9 Å². The van der Waals surface area contributed by atoms with E-state index in [0.29, 0.717) is 0 Å². The maximum Gasteiger partial charge on any atom is 0.317 e. The minimum atomic E-state index is -1.09. The average Bonchev–Trinajstić information content (AvgIpc) is 2.00. The van der Waals surface area contributed by atoms with Gasteiger partial charge < -0.3 is 26.1 Å². The van der Waals surface area contributed by atoms with Crippen molar-refractivity contribution in [3.8, 4) is 0 Å². The monoisotopic (exact) mass is 210 g/mol. The molecule has 0 bridgehead atoms. The highest BCUT2D eigenvalue weighted by Gasteiger charge is 2.05. The van der Waals surface area contributed by atoms with Gasteiger partial charge in [0, 0.05) is 6.54 Å². The van der Waals surface area contributed by atoms with Gasteiger partial charge in [0.25, 0.3) is 0 Å². The summed E-state index contributed by atoms with van der Waals surface area (Å²) in [6, 6.07) is 0. The van der Waals surface area contributed by atoms with E-state index in [4.69, 9.17) is 15.3 Å². The number of aliphatic hydroxyl groups excluding tert-OH is 1. The fourth-order valence-corrected chi connectivity index (χ4v) is 0.593. The van der Waals surface area contributed by atoms with Gasteiger partial charge in [0.15, 0.2) is 0 Å². The van der Waals surface area contributed by atoms with Gasteiger partial charge in [-0.15, -0.1) is 0 Å². The van der Waals surface area contributed by atoms with Crippen LogP contribution < -0.4 is 10.6 Å². The van der Waals surface area contributed by atoms with Crippen molar-refractivity contribution in [2.45, 2.75) is 6.23 Å². The molecule has 1 unspecified atom stereocenters. The van der Waals surface area contributed by atoms with Gasteiger partial charge in [-0.1, -0.05) is 0 Å². The van der Waals surface area contributed by atoms with Crippen LogP contribution in [0.5, 0.6) is 0 Å². The molecule has 8 heteroatoms. The number of hydrogen-bond acceptors (Lipinski definition) is 5.